The molecule has 0 aliphatic carbocycles. The zero-order valence-electron chi connectivity index (χ0n) is 19.3. The van der Waals surface area contributed by atoms with E-state index >= 15 is 0 Å². The molecule has 3 N–H and O–H groups in total. The van der Waals surface area contributed by atoms with Crippen molar-refractivity contribution in [3.05, 3.63) is 66.4 Å². The number of anilines is 3. The van der Waals surface area contributed by atoms with Crippen LogP contribution >= 0.6 is 0 Å². The first-order chi connectivity index (χ1) is 16.1. The highest BCUT2D eigenvalue weighted by Crippen LogP contribution is 2.30. The summed E-state index contributed by atoms with van der Waals surface area (Å²) in [6.45, 7) is 7.50. The second-order valence-corrected chi connectivity index (χ2v) is 8.50. The standard InChI is InChI=1S/C26H33N5O2/c1-3-23-24-17-22(30-13-6-5-10-21(30)12-15-32)11-14-31(24)29-26(23)27-18-19-8-7-9-20(16-19)28-25(33)4-2/h4,7-9,11,14,16-17,21,32H,2-3,5-6,10,12-13,15,18H2,1H3,(H,27,29)(H,28,33)/t21-/m0/s1. The highest BCUT2D eigenvalue weighted by Gasteiger charge is 2.23. The zero-order valence-corrected chi connectivity index (χ0v) is 19.3. The predicted molar refractivity (Wildman–Crippen MR) is 134 cm³/mol. The molecule has 0 spiro atoms. The van der Waals surface area contributed by atoms with Gasteiger partial charge in [0, 0.05) is 48.9 Å². The number of carbonyl (C=O) groups is 1. The normalized spacial score (nSPS) is 16.1. The number of pyridine rings is 1. The number of hydrogen-bond acceptors (Lipinski definition) is 5. The van der Waals surface area contributed by atoms with Crippen molar-refractivity contribution < 1.29 is 9.90 Å². The number of aliphatic hydroxyl groups is 1. The minimum absolute atomic E-state index is 0.223. The monoisotopic (exact) mass is 447 g/mol. The maximum absolute atomic E-state index is 11.6. The van der Waals surface area contributed by atoms with Gasteiger partial charge in [0.2, 0.25) is 5.91 Å². The van der Waals surface area contributed by atoms with Gasteiger partial charge in [-0.05, 0) is 68.0 Å². The smallest absolute Gasteiger partial charge is 0.247 e. The Kier molecular flexibility index (Phi) is 7.29. The second-order valence-electron chi connectivity index (χ2n) is 8.50. The van der Waals surface area contributed by atoms with Gasteiger partial charge >= 0.3 is 0 Å². The summed E-state index contributed by atoms with van der Waals surface area (Å²) < 4.78 is 1.94. The Morgan fingerprint density at radius 3 is 2.97 bits per heavy atom. The van der Waals surface area contributed by atoms with Gasteiger partial charge in [0.15, 0.2) is 5.82 Å². The van der Waals surface area contributed by atoms with E-state index in [1.807, 2.05) is 35.0 Å². The summed E-state index contributed by atoms with van der Waals surface area (Å²) in [5.41, 5.74) is 5.29. The van der Waals surface area contributed by atoms with E-state index in [2.05, 4.69) is 41.2 Å². The molecule has 1 aromatic carbocycles. The van der Waals surface area contributed by atoms with Crippen molar-refractivity contribution in [3.8, 4) is 0 Å². The van der Waals surface area contributed by atoms with Crippen molar-refractivity contribution in [3.63, 3.8) is 0 Å². The number of aliphatic hydroxyl groups excluding tert-OH is 1. The highest BCUT2D eigenvalue weighted by molar-refractivity contribution is 5.98. The molecule has 0 unspecified atom stereocenters. The molecule has 33 heavy (non-hydrogen) atoms. The van der Waals surface area contributed by atoms with Crippen LogP contribution in [0.1, 0.15) is 43.7 Å². The van der Waals surface area contributed by atoms with Crippen molar-refractivity contribution in [2.45, 2.75) is 51.6 Å². The molecule has 0 bridgehead atoms. The number of rotatable bonds is 9. The van der Waals surface area contributed by atoms with Crippen molar-refractivity contribution >= 4 is 28.6 Å². The molecule has 3 heterocycles. The molecule has 2 aromatic heterocycles. The van der Waals surface area contributed by atoms with Crippen molar-refractivity contribution in [1.82, 2.24) is 9.61 Å². The minimum Gasteiger partial charge on any atom is -0.396 e. The molecular formula is C26H33N5O2. The van der Waals surface area contributed by atoms with Crippen LogP contribution < -0.4 is 15.5 Å². The SMILES string of the molecule is C=CC(=O)Nc1cccc(CNc2nn3ccc(N4CCCC[C@H]4CCO)cc3c2CC)c1. The molecule has 1 aliphatic rings. The molecular weight excluding hydrogens is 414 g/mol. The van der Waals surface area contributed by atoms with Crippen LogP contribution in [0.4, 0.5) is 17.2 Å². The number of hydrogen-bond donors (Lipinski definition) is 3. The number of aromatic nitrogens is 2. The van der Waals surface area contributed by atoms with Gasteiger partial charge in [0.05, 0.1) is 5.52 Å². The van der Waals surface area contributed by atoms with Gasteiger partial charge < -0.3 is 20.6 Å². The number of carbonyl (C=O) groups excluding carboxylic acids is 1. The quantitative estimate of drug-likeness (QED) is 0.424. The summed E-state index contributed by atoms with van der Waals surface area (Å²) in [5.74, 6) is 0.653. The van der Waals surface area contributed by atoms with E-state index in [0.29, 0.717) is 12.6 Å². The van der Waals surface area contributed by atoms with E-state index in [-0.39, 0.29) is 12.5 Å². The van der Waals surface area contributed by atoms with E-state index in [1.54, 1.807) is 0 Å². The molecule has 4 rings (SSSR count). The Balaban J connectivity index is 1.55. The Labute approximate surface area is 195 Å². The average Bonchev–Trinajstić information content (AvgIpc) is 3.20. The van der Waals surface area contributed by atoms with Gasteiger partial charge in [-0.15, -0.1) is 0 Å². The van der Waals surface area contributed by atoms with E-state index in [0.717, 1.165) is 48.4 Å². The first-order valence-electron chi connectivity index (χ1n) is 11.8. The molecule has 7 nitrogen and oxygen atoms in total. The fourth-order valence-corrected chi connectivity index (χ4v) is 4.68. The molecule has 1 atom stereocenters. The first-order valence-corrected chi connectivity index (χ1v) is 11.8. The number of benzene rings is 1. The molecule has 1 saturated heterocycles. The molecule has 1 aliphatic heterocycles. The number of aryl methyl sites for hydroxylation is 1. The van der Waals surface area contributed by atoms with Crippen LogP contribution in [0.3, 0.4) is 0 Å². The maximum atomic E-state index is 11.6. The number of fused-ring (bicyclic) bond motifs is 1. The third kappa shape index (κ3) is 5.20. The van der Waals surface area contributed by atoms with Crippen LogP contribution in [-0.4, -0.2) is 39.8 Å². The van der Waals surface area contributed by atoms with Crippen molar-refractivity contribution in [1.29, 1.82) is 0 Å². The second kappa shape index (κ2) is 10.5. The van der Waals surface area contributed by atoms with E-state index in [4.69, 9.17) is 5.10 Å². The largest absolute Gasteiger partial charge is 0.396 e. The van der Waals surface area contributed by atoms with Gasteiger partial charge in [-0.1, -0.05) is 25.6 Å². The fraction of sp³-hybridized carbons (Fsp3) is 0.385. The number of amides is 1. The summed E-state index contributed by atoms with van der Waals surface area (Å²) >= 11 is 0. The number of nitrogens with one attached hydrogen (secondary N) is 2. The lowest BCUT2D eigenvalue weighted by Crippen LogP contribution is -2.40. The summed E-state index contributed by atoms with van der Waals surface area (Å²) in [4.78, 5) is 14.0. The van der Waals surface area contributed by atoms with E-state index in [9.17, 15) is 9.90 Å². The highest BCUT2D eigenvalue weighted by atomic mass is 16.3. The van der Waals surface area contributed by atoms with Gasteiger partial charge in [0.25, 0.3) is 0 Å². The van der Waals surface area contributed by atoms with Crippen LogP contribution in [-0.2, 0) is 17.8 Å². The van der Waals surface area contributed by atoms with Crippen LogP contribution in [0.15, 0.2) is 55.3 Å². The molecule has 0 radical (unpaired) electrons. The van der Waals surface area contributed by atoms with Gasteiger partial charge in [-0.3, -0.25) is 4.79 Å². The molecule has 174 valence electrons. The molecule has 1 amide bonds. The van der Waals surface area contributed by atoms with Crippen LogP contribution in [0, 0.1) is 0 Å². The molecule has 0 saturated carbocycles. The lowest BCUT2D eigenvalue weighted by molar-refractivity contribution is -0.111. The van der Waals surface area contributed by atoms with E-state index < -0.39 is 0 Å². The zero-order chi connectivity index (χ0) is 23.2. The van der Waals surface area contributed by atoms with Crippen molar-refractivity contribution in [2.24, 2.45) is 0 Å². The van der Waals surface area contributed by atoms with Crippen LogP contribution in [0.2, 0.25) is 0 Å². The van der Waals surface area contributed by atoms with Crippen LogP contribution in [0.25, 0.3) is 5.52 Å². The van der Waals surface area contributed by atoms with Gasteiger partial charge in [-0.2, -0.15) is 5.10 Å². The summed E-state index contributed by atoms with van der Waals surface area (Å²) in [6.07, 6.45) is 8.51. The van der Waals surface area contributed by atoms with Gasteiger partial charge in [0.1, 0.15) is 0 Å². The van der Waals surface area contributed by atoms with Crippen LogP contribution in [0.5, 0.6) is 0 Å². The Hall–Kier alpha value is -3.32. The van der Waals surface area contributed by atoms with E-state index in [1.165, 1.54) is 30.2 Å². The molecule has 1 fully saturated rings. The average molecular weight is 448 g/mol. The lowest BCUT2D eigenvalue weighted by Gasteiger charge is -2.37. The first kappa shape index (κ1) is 22.9. The minimum atomic E-state index is -0.223. The Morgan fingerprint density at radius 2 is 2.18 bits per heavy atom. The van der Waals surface area contributed by atoms with Crippen molar-refractivity contribution in [2.75, 3.05) is 28.7 Å². The molecule has 3 aromatic rings. The molecule has 7 heteroatoms. The summed E-state index contributed by atoms with van der Waals surface area (Å²) in [5, 5.41) is 20.6. The lowest BCUT2D eigenvalue weighted by atomic mass is 9.99. The third-order valence-corrected chi connectivity index (χ3v) is 6.34. The maximum Gasteiger partial charge on any atom is 0.247 e. The Bertz CT molecular complexity index is 1120. The summed E-state index contributed by atoms with van der Waals surface area (Å²) in [7, 11) is 0. The van der Waals surface area contributed by atoms with Gasteiger partial charge in [-0.25, -0.2) is 4.52 Å². The predicted octanol–water partition coefficient (Wildman–Crippen LogP) is 4.37. The summed E-state index contributed by atoms with van der Waals surface area (Å²) in [6, 6.07) is 12.5. The number of nitrogens with zero attached hydrogens (tertiary/aromatic N) is 3. The fourth-order valence-electron chi connectivity index (χ4n) is 4.68. The number of piperidine rings is 1. The Morgan fingerprint density at radius 1 is 1.30 bits per heavy atom. The topological polar surface area (TPSA) is 81.9 Å². The third-order valence-electron chi connectivity index (χ3n) is 6.34.